The lowest BCUT2D eigenvalue weighted by molar-refractivity contribution is -0.145. The number of ether oxygens (including phenoxy) is 1. The maximum Gasteiger partial charge on any atom is 0.308 e. The van der Waals surface area contributed by atoms with Crippen molar-refractivity contribution in [3.8, 4) is 0 Å². The molecule has 126 valence electrons. The van der Waals surface area contributed by atoms with Crippen LogP contribution in [0.25, 0.3) is 0 Å². The molecule has 0 aromatic carbocycles. The maximum atomic E-state index is 11.2. The summed E-state index contributed by atoms with van der Waals surface area (Å²) in [5.74, 6) is -0.0257. The lowest BCUT2D eigenvalue weighted by Gasteiger charge is -2.08. The first-order chi connectivity index (χ1) is 10.1. The molecule has 3 heteroatoms. The largest absolute Gasteiger partial charge is 0.469 e. The summed E-state index contributed by atoms with van der Waals surface area (Å²) in [6.07, 6.45) is 14.5. The van der Waals surface area contributed by atoms with E-state index in [0.29, 0.717) is 0 Å². The third kappa shape index (κ3) is 14.1. The van der Waals surface area contributed by atoms with Gasteiger partial charge in [0.1, 0.15) is 0 Å². The van der Waals surface area contributed by atoms with Gasteiger partial charge in [0.15, 0.2) is 0 Å². The summed E-state index contributed by atoms with van der Waals surface area (Å²) in [6, 6.07) is 0. The average Bonchev–Trinajstić information content (AvgIpc) is 2.46. The smallest absolute Gasteiger partial charge is 0.308 e. The number of rotatable bonds is 14. The molecule has 0 rings (SSSR count). The summed E-state index contributed by atoms with van der Waals surface area (Å²) in [5, 5.41) is 9.15. The van der Waals surface area contributed by atoms with E-state index in [2.05, 4.69) is 0 Å². The van der Waals surface area contributed by atoms with Gasteiger partial charge in [-0.2, -0.15) is 0 Å². The van der Waals surface area contributed by atoms with Gasteiger partial charge in [-0.05, 0) is 19.8 Å². The van der Waals surface area contributed by atoms with E-state index in [4.69, 9.17) is 9.84 Å². The molecular formula is C18H36O3. The lowest BCUT2D eigenvalue weighted by Crippen LogP contribution is -2.12. The molecule has 2 atom stereocenters. The van der Waals surface area contributed by atoms with Crippen LogP contribution in [-0.2, 0) is 9.53 Å². The van der Waals surface area contributed by atoms with E-state index in [1.807, 2.05) is 13.8 Å². The molecule has 1 N–H and O–H groups in total. The molecule has 0 spiro atoms. The number of carbonyl (C=O) groups is 1. The van der Waals surface area contributed by atoms with Crippen molar-refractivity contribution in [2.45, 2.75) is 97.0 Å². The van der Waals surface area contributed by atoms with E-state index in [1.54, 1.807) is 0 Å². The third-order valence-electron chi connectivity index (χ3n) is 4.11. The second-order valence-electron chi connectivity index (χ2n) is 6.39. The fourth-order valence-corrected chi connectivity index (χ4v) is 2.62. The van der Waals surface area contributed by atoms with Crippen molar-refractivity contribution in [3.63, 3.8) is 0 Å². The Kier molecular flexibility index (Phi) is 14.0. The highest BCUT2D eigenvalue weighted by molar-refractivity contribution is 5.71. The number of unbranched alkanes of at least 4 members (excludes halogenated alkanes) is 9. The molecule has 0 saturated carbocycles. The summed E-state index contributed by atoms with van der Waals surface area (Å²) in [7, 11) is 1.46. The predicted octanol–water partition coefficient (Wildman–Crippen LogP) is 4.86. The fraction of sp³-hybridized carbons (Fsp3) is 0.944. The number of esters is 1. The van der Waals surface area contributed by atoms with Crippen LogP contribution < -0.4 is 0 Å². The monoisotopic (exact) mass is 300 g/mol. The van der Waals surface area contributed by atoms with Gasteiger partial charge in [0.05, 0.1) is 19.1 Å². The first-order valence-electron chi connectivity index (χ1n) is 8.83. The molecule has 0 aliphatic carbocycles. The average molecular weight is 300 g/mol. The van der Waals surface area contributed by atoms with Crippen LogP contribution in [0.3, 0.4) is 0 Å². The topological polar surface area (TPSA) is 46.5 Å². The van der Waals surface area contributed by atoms with Gasteiger partial charge in [-0.1, -0.05) is 71.1 Å². The van der Waals surface area contributed by atoms with Crippen molar-refractivity contribution in [3.05, 3.63) is 0 Å². The summed E-state index contributed by atoms with van der Waals surface area (Å²) in [4.78, 5) is 11.2. The summed E-state index contributed by atoms with van der Waals surface area (Å²) in [6.45, 7) is 3.81. The van der Waals surface area contributed by atoms with Crippen molar-refractivity contribution in [1.29, 1.82) is 0 Å². The molecule has 0 heterocycles. The van der Waals surface area contributed by atoms with Crippen molar-refractivity contribution in [2.75, 3.05) is 7.11 Å². The number of aliphatic hydroxyl groups excluding tert-OH is 1. The molecule has 0 aromatic rings. The molecule has 0 aliphatic heterocycles. The molecule has 0 radical (unpaired) electrons. The van der Waals surface area contributed by atoms with Crippen molar-refractivity contribution in [2.24, 2.45) is 5.92 Å². The van der Waals surface area contributed by atoms with Crippen LogP contribution in [-0.4, -0.2) is 24.3 Å². The van der Waals surface area contributed by atoms with Gasteiger partial charge in [0.25, 0.3) is 0 Å². The van der Waals surface area contributed by atoms with E-state index in [0.717, 1.165) is 25.7 Å². The molecule has 0 bridgehead atoms. The van der Waals surface area contributed by atoms with Gasteiger partial charge in [-0.25, -0.2) is 0 Å². The number of methoxy groups -OCH3 is 1. The lowest BCUT2D eigenvalue weighted by atomic mass is 10.0. The Morgan fingerprint density at radius 1 is 0.810 bits per heavy atom. The van der Waals surface area contributed by atoms with Crippen molar-refractivity contribution >= 4 is 5.97 Å². The molecular weight excluding hydrogens is 264 g/mol. The summed E-state index contributed by atoms with van der Waals surface area (Å²) in [5.41, 5.74) is 0. The molecule has 0 amide bonds. The molecule has 0 saturated heterocycles. The van der Waals surface area contributed by atoms with Crippen LogP contribution in [0.5, 0.6) is 0 Å². The number of hydrogen-bond donors (Lipinski definition) is 1. The Morgan fingerprint density at radius 3 is 1.57 bits per heavy atom. The molecule has 3 nitrogen and oxygen atoms in total. The Labute approximate surface area is 131 Å². The normalized spacial score (nSPS) is 13.9. The van der Waals surface area contributed by atoms with Crippen molar-refractivity contribution in [1.82, 2.24) is 0 Å². The first kappa shape index (κ1) is 20.4. The minimum atomic E-state index is -0.132. The van der Waals surface area contributed by atoms with E-state index in [-0.39, 0.29) is 18.0 Å². The highest BCUT2D eigenvalue weighted by Gasteiger charge is 2.11. The molecule has 21 heavy (non-hydrogen) atoms. The summed E-state index contributed by atoms with van der Waals surface area (Å²) < 4.78 is 4.72. The van der Waals surface area contributed by atoms with Crippen LogP contribution in [0.15, 0.2) is 0 Å². The Bertz CT molecular complexity index is 239. The Morgan fingerprint density at radius 2 is 1.19 bits per heavy atom. The van der Waals surface area contributed by atoms with E-state index in [9.17, 15) is 4.79 Å². The fourth-order valence-electron chi connectivity index (χ4n) is 2.62. The zero-order valence-corrected chi connectivity index (χ0v) is 14.4. The highest BCUT2D eigenvalue weighted by atomic mass is 16.5. The molecule has 0 aliphatic rings. The van der Waals surface area contributed by atoms with E-state index in [1.165, 1.54) is 58.5 Å². The van der Waals surface area contributed by atoms with Crippen LogP contribution in [0, 0.1) is 5.92 Å². The molecule has 0 aromatic heterocycles. The zero-order chi connectivity index (χ0) is 15.9. The third-order valence-corrected chi connectivity index (χ3v) is 4.11. The van der Waals surface area contributed by atoms with E-state index < -0.39 is 0 Å². The molecule has 2 unspecified atom stereocenters. The first-order valence-corrected chi connectivity index (χ1v) is 8.83. The predicted molar refractivity (Wildman–Crippen MR) is 88.3 cm³/mol. The van der Waals surface area contributed by atoms with Crippen molar-refractivity contribution < 1.29 is 14.6 Å². The quantitative estimate of drug-likeness (QED) is 0.368. The SMILES string of the molecule is COC(=O)C(C)CCCCCCCCCCCCC(C)O. The van der Waals surface area contributed by atoms with E-state index >= 15 is 0 Å². The minimum absolute atomic E-state index is 0.0524. The van der Waals surface area contributed by atoms with Gasteiger partial charge in [0.2, 0.25) is 0 Å². The zero-order valence-electron chi connectivity index (χ0n) is 14.4. The van der Waals surface area contributed by atoms with Gasteiger partial charge in [0, 0.05) is 0 Å². The Hall–Kier alpha value is -0.570. The van der Waals surface area contributed by atoms with Gasteiger partial charge in [-0.15, -0.1) is 0 Å². The Balaban J connectivity index is 3.14. The standard InChI is InChI=1S/C18H36O3/c1-16(18(20)21-3)14-12-10-8-6-4-5-7-9-11-13-15-17(2)19/h16-17,19H,4-15H2,1-3H3. The second kappa shape index (κ2) is 14.4. The number of carbonyl (C=O) groups excluding carboxylic acids is 1. The van der Waals surface area contributed by atoms with Gasteiger partial charge in [-0.3, -0.25) is 4.79 Å². The number of aliphatic hydroxyl groups is 1. The van der Waals surface area contributed by atoms with Gasteiger partial charge >= 0.3 is 5.97 Å². The molecule has 0 fully saturated rings. The van der Waals surface area contributed by atoms with Crippen LogP contribution in [0.4, 0.5) is 0 Å². The van der Waals surface area contributed by atoms with Crippen LogP contribution in [0.2, 0.25) is 0 Å². The van der Waals surface area contributed by atoms with Crippen LogP contribution in [0.1, 0.15) is 90.9 Å². The van der Waals surface area contributed by atoms with Gasteiger partial charge < -0.3 is 9.84 Å². The number of hydrogen-bond acceptors (Lipinski definition) is 3. The summed E-state index contributed by atoms with van der Waals surface area (Å²) >= 11 is 0. The minimum Gasteiger partial charge on any atom is -0.469 e. The van der Waals surface area contributed by atoms with Crippen LogP contribution >= 0.6 is 0 Å². The second-order valence-corrected chi connectivity index (χ2v) is 6.39. The maximum absolute atomic E-state index is 11.2. The highest BCUT2D eigenvalue weighted by Crippen LogP contribution is 2.14.